The highest BCUT2D eigenvalue weighted by molar-refractivity contribution is 6.28. The third kappa shape index (κ3) is 2.18. The summed E-state index contributed by atoms with van der Waals surface area (Å²) in [5.74, 6) is -0.748. The highest BCUT2D eigenvalue weighted by Gasteiger charge is 2.21. The normalized spacial score (nSPS) is 12.0. The molecule has 136 valence electrons. The fourth-order valence-corrected chi connectivity index (χ4v) is 3.83. The van der Waals surface area contributed by atoms with Crippen LogP contribution >= 0.6 is 0 Å². The Kier molecular flexibility index (Phi) is 3.29. The van der Waals surface area contributed by atoms with Crippen molar-refractivity contribution in [1.29, 1.82) is 0 Å². The highest BCUT2D eigenvalue weighted by Crippen LogP contribution is 2.46. The van der Waals surface area contributed by atoms with Crippen LogP contribution in [0.2, 0.25) is 0 Å². The minimum absolute atomic E-state index is 0.00603. The summed E-state index contributed by atoms with van der Waals surface area (Å²) in [6.07, 6.45) is 0. The summed E-state index contributed by atoms with van der Waals surface area (Å²) < 4.78 is 27.8. The first-order chi connectivity index (χ1) is 13.1. The van der Waals surface area contributed by atoms with Gasteiger partial charge in [0.05, 0.1) is 16.7 Å². The lowest BCUT2D eigenvalue weighted by Gasteiger charge is -2.11. The summed E-state index contributed by atoms with van der Waals surface area (Å²) in [4.78, 5) is 6.31. The first-order valence-electron chi connectivity index (χ1n) is 8.59. The Labute approximate surface area is 151 Å². The smallest absolute Gasteiger partial charge is 0.164 e. The first-order valence-corrected chi connectivity index (χ1v) is 8.59. The molecule has 5 rings (SSSR count). The average Bonchev–Trinajstić information content (AvgIpc) is 3.21. The summed E-state index contributed by atoms with van der Waals surface area (Å²) in [6, 6.07) is 8.81. The molecule has 0 aliphatic heterocycles. The number of anilines is 1. The van der Waals surface area contributed by atoms with Gasteiger partial charge >= 0.3 is 0 Å². The molecular weight excluding hydrogens is 350 g/mol. The Morgan fingerprint density at radius 1 is 0.889 bits per heavy atom. The summed E-state index contributed by atoms with van der Waals surface area (Å²) in [7, 11) is 0. The van der Waals surface area contributed by atoms with E-state index in [9.17, 15) is 13.9 Å². The maximum Gasteiger partial charge on any atom is 0.164 e. The molecular formula is C20H16F2N4O. The molecule has 2 aromatic heterocycles. The van der Waals surface area contributed by atoms with Gasteiger partial charge in [-0.3, -0.25) is 0 Å². The average molecular weight is 366 g/mol. The van der Waals surface area contributed by atoms with Crippen LogP contribution in [0.3, 0.4) is 0 Å². The molecule has 5 aromatic rings. The maximum absolute atomic E-state index is 13.9. The first kappa shape index (κ1) is 15.9. The molecule has 7 heteroatoms. The monoisotopic (exact) mass is 366 g/mol. The van der Waals surface area contributed by atoms with Crippen LogP contribution in [0, 0.1) is 11.6 Å². The standard InChI is InChI=1S/C20H16F2N4O/c21-9-1-3-13-11(7-9)15-17(24-6-5-23)16-12-8-10(22)2-4-14(12)26-19(16)20(27)18(15)25-13/h1-4,7-8,24-27H,5-6,23H2. The second-order valence-corrected chi connectivity index (χ2v) is 6.57. The number of nitrogens with two attached hydrogens (primary N) is 1. The summed E-state index contributed by atoms with van der Waals surface area (Å²) >= 11 is 0. The number of rotatable bonds is 3. The predicted octanol–water partition coefficient (Wildman–Crippen LogP) is 4.31. The quantitative estimate of drug-likeness (QED) is 0.308. The number of hydrogen-bond donors (Lipinski definition) is 5. The molecule has 0 bridgehead atoms. The highest BCUT2D eigenvalue weighted by atomic mass is 19.1. The number of aromatic nitrogens is 2. The molecule has 3 aromatic carbocycles. The zero-order valence-corrected chi connectivity index (χ0v) is 14.2. The molecule has 0 fully saturated rings. The van der Waals surface area contributed by atoms with Gasteiger partial charge < -0.3 is 26.1 Å². The zero-order valence-electron chi connectivity index (χ0n) is 14.2. The van der Waals surface area contributed by atoms with Crippen molar-refractivity contribution in [3.05, 3.63) is 48.0 Å². The van der Waals surface area contributed by atoms with Gasteiger partial charge in [-0.05, 0) is 36.4 Å². The molecule has 0 aliphatic carbocycles. The third-order valence-electron chi connectivity index (χ3n) is 4.94. The van der Waals surface area contributed by atoms with Gasteiger partial charge in [0.25, 0.3) is 0 Å². The minimum atomic E-state index is -0.377. The summed E-state index contributed by atoms with van der Waals surface area (Å²) in [5, 5.41) is 16.7. The van der Waals surface area contributed by atoms with E-state index >= 15 is 0 Å². The van der Waals surface area contributed by atoms with E-state index in [0.717, 1.165) is 0 Å². The van der Waals surface area contributed by atoms with Gasteiger partial charge in [-0.15, -0.1) is 0 Å². The van der Waals surface area contributed by atoms with Crippen molar-refractivity contribution in [2.45, 2.75) is 0 Å². The predicted molar refractivity (Wildman–Crippen MR) is 104 cm³/mol. The number of H-pyrrole nitrogens is 2. The van der Waals surface area contributed by atoms with Crippen LogP contribution in [-0.4, -0.2) is 28.2 Å². The SMILES string of the molecule is NCCNc1c2c([nH]c3ccc(F)cc32)c(O)c2[nH]c3ccc(F)cc3c12. The number of phenolic OH excluding ortho intramolecular Hbond substituents is 1. The van der Waals surface area contributed by atoms with Crippen molar-refractivity contribution in [3.63, 3.8) is 0 Å². The van der Waals surface area contributed by atoms with Gasteiger partial charge in [0.2, 0.25) is 0 Å². The molecule has 0 atom stereocenters. The van der Waals surface area contributed by atoms with E-state index in [-0.39, 0.29) is 17.4 Å². The van der Waals surface area contributed by atoms with E-state index in [1.807, 2.05) is 0 Å². The van der Waals surface area contributed by atoms with Gasteiger partial charge in [0, 0.05) is 45.7 Å². The number of aromatic amines is 2. The third-order valence-corrected chi connectivity index (χ3v) is 4.94. The lowest BCUT2D eigenvalue weighted by molar-refractivity contribution is 0.486. The second-order valence-electron chi connectivity index (χ2n) is 6.57. The van der Waals surface area contributed by atoms with Gasteiger partial charge in [-0.25, -0.2) is 8.78 Å². The van der Waals surface area contributed by atoms with Crippen LogP contribution in [0.1, 0.15) is 0 Å². The largest absolute Gasteiger partial charge is 0.504 e. The van der Waals surface area contributed by atoms with Crippen molar-refractivity contribution in [3.8, 4) is 5.75 Å². The Balaban J connectivity index is 2.05. The van der Waals surface area contributed by atoms with Crippen LogP contribution in [0.5, 0.6) is 5.75 Å². The Bertz CT molecular complexity index is 1260. The van der Waals surface area contributed by atoms with Crippen molar-refractivity contribution < 1.29 is 13.9 Å². The van der Waals surface area contributed by atoms with Gasteiger partial charge in [0.15, 0.2) is 5.75 Å². The van der Waals surface area contributed by atoms with E-state index in [2.05, 4.69) is 15.3 Å². The fraction of sp³-hybridized carbons (Fsp3) is 0.100. The molecule has 5 nitrogen and oxygen atoms in total. The summed E-state index contributed by atoms with van der Waals surface area (Å²) in [5.41, 5.74) is 8.70. The van der Waals surface area contributed by atoms with E-state index in [1.54, 1.807) is 12.1 Å². The second kappa shape index (κ2) is 5.59. The molecule has 27 heavy (non-hydrogen) atoms. The van der Waals surface area contributed by atoms with Crippen molar-refractivity contribution in [2.24, 2.45) is 5.73 Å². The van der Waals surface area contributed by atoms with Crippen molar-refractivity contribution in [1.82, 2.24) is 9.97 Å². The van der Waals surface area contributed by atoms with E-state index < -0.39 is 0 Å². The molecule has 0 amide bonds. The zero-order chi connectivity index (χ0) is 18.7. The van der Waals surface area contributed by atoms with Gasteiger partial charge in [-0.2, -0.15) is 0 Å². The molecule has 0 radical (unpaired) electrons. The van der Waals surface area contributed by atoms with E-state index in [0.29, 0.717) is 62.4 Å². The van der Waals surface area contributed by atoms with Crippen LogP contribution < -0.4 is 11.1 Å². The topological polar surface area (TPSA) is 89.9 Å². The van der Waals surface area contributed by atoms with E-state index in [1.165, 1.54) is 24.3 Å². The number of phenols is 1. The lowest BCUT2D eigenvalue weighted by atomic mass is 10.0. The van der Waals surface area contributed by atoms with Crippen LogP contribution in [-0.2, 0) is 0 Å². The molecule has 0 saturated carbocycles. The molecule has 0 saturated heterocycles. The van der Waals surface area contributed by atoms with E-state index in [4.69, 9.17) is 5.73 Å². The number of hydrogen-bond acceptors (Lipinski definition) is 3. The molecule has 0 unspecified atom stereocenters. The number of nitrogens with one attached hydrogen (secondary N) is 3. The lowest BCUT2D eigenvalue weighted by Crippen LogP contribution is -2.13. The van der Waals surface area contributed by atoms with Crippen LogP contribution in [0.4, 0.5) is 14.5 Å². The molecule has 0 spiro atoms. The Morgan fingerprint density at radius 2 is 1.41 bits per heavy atom. The Morgan fingerprint density at radius 3 is 1.89 bits per heavy atom. The molecule has 2 heterocycles. The molecule has 0 aliphatic rings. The fourth-order valence-electron chi connectivity index (χ4n) is 3.83. The minimum Gasteiger partial charge on any atom is -0.504 e. The van der Waals surface area contributed by atoms with Crippen molar-refractivity contribution in [2.75, 3.05) is 18.4 Å². The van der Waals surface area contributed by atoms with Gasteiger partial charge in [0.1, 0.15) is 11.6 Å². The number of halogens is 2. The van der Waals surface area contributed by atoms with Crippen molar-refractivity contribution >= 4 is 49.3 Å². The van der Waals surface area contributed by atoms with Gasteiger partial charge in [-0.1, -0.05) is 0 Å². The Hall–Kier alpha value is -3.32. The number of aromatic hydroxyl groups is 1. The number of benzene rings is 3. The van der Waals surface area contributed by atoms with Crippen LogP contribution in [0.15, 0.2) is 36.4 Å². The number of fused-ring (bicyclic) bond motifs is 6. The summed E-state index contributed by atoms with van der Waals surface area (Å²) in [6.45, 7) is 0.857. The maximum atomic E-state index is 13.9. The molecule has 6 N–H and O–H groups in total. The van der Waals surface area contributed by atoms with Crippen LogP contribution in [0.25, 0.3) is 43.6 Å².